The fourth-order valence-corrected chi connectivity index (χ4v) is 4.78. The second kappa shape index (κ2) is 6.22. The molecule has 130 valence electrons. The first-order valence-electron chi connectivity index (χ1n) is 8.58. The van der Waals surface area contributed by atoms with Crippen molar-refractivity contribution in [1.82, 2.24) is 24.9 Å². The van der Waals surface area contributed by atoms with E-state index in [9.17, 15) is 4.79 Å². The summed E-state index contributed by atoms with van der Waals surface area (Å²) in [7, 11) is 0. The average Bonchev–Trinajstić information content (AvgIpc) is 3.16. The summed E-state index contributed by atoms with van der Waals surface area (Å²) in [4.78, 5) is 18.4. The van der Waals surface area contributed by atoms with Crippen molar-refractivity contribution in [2.75, 3.05) is 0 Å². The van der Waals surface area contributed by atoms with Crippen LogP contribution in [-0.2, 0) is 19.4 Å². The number of rotatable bonds is 3. The van der Waals surface area contributed by atoms with Gasteiger partial charge in [-0.15, -0.1) is 21.5 Å². The molecule has 1 aliphatic carbocycles. The number of aryl methyl sites for hydroxylation is 2. The maximum atomic E-state index is 12.7. The fourth-order valence-electron chi connectivity index (χ4n) is 3.53. The van der Waals surface area contributed by atoms with Gasteiger partial charge in [-0.05, 0) is 50.7 Å². The maximum absolute atomic E-state index is 12.7. The van der Waals surface area contributed by atoms with Crippen molar-refractivity contribution >= 4 is 23.0 Å². The highest BCUT2D eigenvalue weighted by molar-refractivity contribution is 7.10. The van der Waals surface area contributed by atoms with E-state index < -0.39 is 0 Å². The molecule has 25 heavy (non-hydrogen) atoms. The van der Waals surface area contributed by atoms with E-state index in [1.54, 1.807) is 11.3 Å². The Balaban J connectivity index is 1.54. The smallest absolute Gasteiger partial charge is 0.255 e. The summed E-state index contributed by atoms with van der Waals surface area (Å²) < 4.78 is 1.89. The predicted octanol–water partition coefficient (Wildman–Crippen LogP) is 2.86. The van der Waals surface area contributed by atoms with Crippen molar-refractivity contribution in [1.29, 1.82) is 0 Å². The summed E-state index contributed by atoms with van der Waals surface area (Å²) in [5, 5.41) is 13.3. The quantitative estimate of drug-likeness (QED) is 0.784. The van der Waals surface area contributed by atoms with Crippen LogP contribution in [0.5, 0.6) is 0 Å². The van der Waals surface area contributed by atoms with Crippen LogP contribution in [0.15, 0.2) is 11.4 Å². The highest BCUT2D eigenvalue weighted by Gasteiger charge is 2.23. The van der Waals surface area contributed by atoms with Crippen LogP contribution in [0.4, 0.5) is 0 Å². The Morgan fingerprint density at radius 3 is 3.08 bits per heavy atom. The standard InChI is InChI=1S/C18H21N5OS/c1-10-4-5-13-14(9-25-15(13)6-10)17(24)19-8-16-21-22-18-20-11(2)7-12(3)23(16)18/h7,9-10H,4-6,8H2,1-3H3,(H,19,24)/t10-/m1/s1. The molecule has 6 nitrogen and oxygen atoms in total. The van der Waals surface area contributed by atoms with Gasteiger partial charge in [0, 0.05) is 21.6 Å². The number of carbonyl (C=O) groups is 1. The average molecular weight is 355 g/mol. The van der Waals surface area contributed by atoms with Crippen molar-refractivity contribution in [3.8, 4) is 0 Å². The van der Waals surface area contributed by atoms with E-state index in [0.29, 0.717) is 24.1 Å². The van der Waals surface area contributed by atoms with Gasteiger partial charge in [0.1, 0.15) is 0 Å². The SMILES string of the molecule is Cc1cc(C)n2c(CNC(=O)c3csc4c3CC[C@@H](C)C4)nnc2n1. The Morgan fingerprint density at radius 2 is 2.24 bits per heavy atom. The first-order valence-corrected chi connectivity index (χ1v) is 9.46. The molecular weight excluding hydrogens is 334 g/mol. The van der Waals surface area contributed by atoms with Crippen LogP contribution < -0.4 is 5.32 Å². The summed E-state index contributed by atoms with van der Waals surface area (Å²) in [5.41, 5.74) is 3.98. The minimum Gasteiger partial charge on any atom is -0.345 e. The largest absolute Gasteiger partial charge is 0.345 e. The molecule has 0 bridgehead atoms. The zero-order valence-electron chi connectivity index (χ0n) is 14.7. The Bertz CT molecular complexity index is 958. The van der Waals surface area contributed by atoms with E-state index in [2.05, 4.69) is 27.4 Å². The van der Waals surface area contributed by atoms with Gasteiger partial charge in [0.25, 0.3) is 11.7 Å². The molecular formula is C18H21N5OS. The van der Waals surface area contributed by atoms with Crippen LogP contribution in [0, 0.1) is 19.8 Å². The van der Waals surface area contributed by atoms with Crippen LogP contribution in [0.25, 0.3) is 5.78 Å². The molecule has 3 aromatic rings. The lowest BCUT2D eigenvalue weighted by molar-refractivity contribution is 0.0949. The molecule has 3 heterocycles. The Morgan fingerprint density at radius 1 is 1.40 bits per heavy atom. The summed E-state index contributed by atoms with van der Waals surface area (Å²) in [6.45, 7) is 6.54. The van der Waals surface area contributed by atoms with Gasteiger partial charge in [0.05, 0.1) is 12.1 Å². The van der Waals surface area contributed by atoms with Crippen molar-refractivity contribution in [2.24, 2.45) is 5.92 Å². The summed E-state index contributed by atoms with van der Waals surface area (Å²) >= 11 is 1.71. The van der Waals surface area contributed by atoms with Gasteiger partial charge in [-0.2, -0.15) is 0 Å². The zero-order chi connectivity index (χ0) is 17.6. The predicted molar refractivity (Wildman–Crippen MR) is 96.9 cm³/mol. The van der Waals surface area contributed by atoms with Crippen LogP contribution in [0.1, 0.15) is 51.4 Å². The van der Waals surface area contributed by atoms with E-state index in [1.165, 1.54) is 10.4 Å². The van der Waals surface area contributed by atoms with Crippen LogP contribution in [0.2, 0.25) is 0 Å². The Hall–Kier alpha value is -2.28. The van der Waals surface area contributed by atoms with Gasteiger partial charge in [-0.1, -0.05) is 6.92 Å². The monoisotopic (exact) mass is 355 g/mol. The number of aromatic nitrogens is 4. The van der Waals surface area contributed by atoms with E-state index in [0.717, 1.165) is 36.2 Å². The number of hydrogen-bond acceptors (Lipinski definition) is 5. The lowest BCUT2D eigenvalue weighted by Gasteiger charge is -2.18. The van der Waals surface area contributed by atoms with E-state index in [-0.39, 0.29) is 5.91 Å². The summed E-state index contributed by atoms with van der Waals surface area (Å²) in [6.07, 6.45) is 3.24. The van der Waals surface area contributed by atoms with Crippen molar-refractivity contribution in [3.05, 3.63) is 44.7 Å². The third kappa shape index (κ3) is 2.93. The molecule has 1 N–H and O–H groups in total. The first-order chi connectivity index (χ1) is 12.0. The van der Waals surface area contributed by atoms with Gasteiger partial charge in [-0.25, -0.2) is 4.98 Å². The molecule has 0 aliphatic heterocycles. The molecule has 0 fully saturated rings. The molecule has 0 saturated heterocycles. The van der Waals surface area contributed by atoms with Crippen LogP contribution in [0.3, 0.4) is 0 Å². The van der Waals surface area contributed by atoms with Crippen LogP contribution >= 0.6 is 11.3 Å². The number of fused-ring (bicyclic) bond motifs is 2. The molecule has 3 aromatic heterocycles. The zero-order valence-corrected chi connectivity index (χ0v) is 15.5. The minimum atomic E-state index is -0.0264. The highest BCUT2D eigenvalue weighted by atomic mass is 32.1. The Labute approximate surface area is 150 Å². The lowest BCUT2D eigenvalue weighted by atomic mass is 9.88. The number of hydrogen-bond donors (Lipinski definition) is 1. The molecule has 1 atom stereocenters. The van der Waals surface area contributed by atoms with E-state index >= 15 is 0 Å². The second-order valence-electron chi connectivity index (χ2n) is 6.87. The maximum Gasteiger partial charge on any atom is 0.255 e. The third-order valence-corrected chi connectivity index (χ3v) is 5.86. The number of nitrogens with one attached hydrogen (secondary N) is 1. The van der Waals surface area contributed by atoms with E-state index in [4.69, 9.17) is 0 Å². The van der Waals surface area contributed by atoms with Crippen molar-refractivity contribution in [3.63, 3.8) is 0 Å². The molecule has 4 rings (SSSR count). The molecule has 0 saturated carbocycles. The molecule has 0 radical (unpaired) electrons. The second-order valence-corrected chi connectivity index (χ2v) is 7.84. The summed E-state index contributed by atoms with van der Waals surface area (Å²) in [6, 6.07) is 1.98. The number of thiophene rings is 1. The molecule has 0 unspecified atom stereocenters. The lowest BCUT2D eigenvalue weighted by Crippen LogP contribution is -2.25. The number of amides is 1. The van der Waals surface area contributed by atoms with Crippen molar-refractivity contribution in [2.45, 2.75) is 46.6 Å². The van der Waals surface area contributed by atoms with Gasteiger partial charge in [-0.3, -0.25) is 9.20 Å². The topological polar surface area (TPSA) is 72.2 Å². The molecule has 1 amide bonds. The van der Waals surface area contributed by atoms with Gasteiger partial charge in [0.15, 0.2) is 5.82 Å². The number of nitrogens with zero attached hydrogens (tertiary/aromatic N) is 4. The number of carbonyl (C=O) groups excluding carboxylic acids is 1. The highest BCUT2D eigenvalue weighted by Crippen LogP contribution is 2.32. The van der Waals surface area contributed by atoms with Crippen molar-refractivity contribution < 1.29 is 4.79 Å². The Kier molecular flexibility index (Phi) is 4.03. The fraction of sp³-hybridized carbons (Fsp3) is 0.444. The van der Waals surface area contributed by atoms with Crippen LogP contribution in [-0.4, -0.2) is 25.5 Å². The normalized spacial score (nSPS) is 16.8. The molecule has 0 spiro atoms. The molecule has 1 aliphatic rings. The molecule has 7 heteroatoms. The first kappa shape index (κ1) is 16.2. The van der Waals surface area contributed by atoms with Gasteiger partial charge < -0.3 is 5.32 Å². The molecule has 0 aromatic carbocycles. The van der Waals surface area contributed by atoms with Gasteiger partial charge in [0.2, 0.25) is 0 Å². The van der Waals surface area contributed by atoms with E-state index in [1.807, 2.05) is 29.7 Å². The third-order valence-electron chi connectivity index (χ3n) is 4.81. The van der Waals surface area contributed by atoms with Gasteiger partial charge >= 0.3 is 0 Å². The summed E-state index contributed by atoms with van der Waals surface area (Å²) in [5.74, 6) is 1.96. The minimum absolute atomic E-state index is 0.0264.